The molecule has 0 unspecified atom stereocenters. The summed E-state index contributed by atoms with van der Waals surface area (Å²) in [6.07, 6.45) is 3.89. The monoisotopic (exact) mass is 265 g/mol. The molecule has 20 heavy (non-hydrogen) atoms. The molecule has 2 aromatic rings. The molecule has 1 aliphatic rings. The Bertz CT molecular complexity index is 639. The summed E-state index contributed by atoms with van der Waals surface area (Å²) in [7, 11) is 0. The molecule has 3 rings (SSSR count). The number of hydrogen-bond donors (Lipinski definition) is 1. The number of carbonyl (C=O) groups is 1. The van der Waals surface area contributed by atoms with E-state index in [0.717, 1.165) is 11.1 Å². The van der Waals surface area contributed by atoms with Crippen LogP contribution >= 0.6 is 0 Å². The van der Waals surface area contributed by atoms with Crippen LogP contribution in [0.4, 0.5) is 5.69 Å². The van der Waals surface area contributed by atoms with Crippen molar-refractivity contribution in [1.82, 2.24) is 0 Å². The largest absolute Gasteiger partial charge is 0.398 e. The highest BCUT2D eigenvalue weighted by molar-refractivity contribution is 6.10. The molecular weight excluding hydrogens is 246 g/mol. The maximum absolute atomic E-state index is 12.5. The molecule has 2 heteroatoms. The highest BCUT2D eigenvalue weighted by Gasteiger charge is 2.20. The van der Waals surface area contributed by atoms with Crippen molar-refractivity contribution < 1.29 is 4.79 Å². The standard InChI is InChI=1S/C18H19NO/c1-12-16(6-3-7-17(12)19)18(20)15-10-8-14(9-11-15)13-4-2-5-13/h3,6-11,13H,2,4-5,19H2,1H3. The van der Waals surface area contributed by atoms with Crippen molar-refractivity contribution in [2.45, 2.75) is 32.1 Å². The molecule has 1 fully saturated rings. The van der Waals surface area contributed by atoms with E-state index in [1.54, 1.807) is 0 Å². The van der Waals surface area contributed by atoms with Gasteiger partial charge in [-0.2, -0.15) is 0 Å². The second-order valence-corrected chi connectivity index (χ2v) is 5.60. The molecule has 0 aromatic heterocycles. The van der Waals surface area contributed by atoms with Gasteiger partial charge in [-0.15, -0.1) is 0 Å². The fourth-order valence-electron chi connectivity index (χ4n) is 2.70. The van der Waals surface area contributed by atoms with Gasteiger partial charge in [0.25, 0.3) is 0 Å². The van der Waals surface area contributed by atoms with Crippen LogP contribution in [0.3, 0.4) is 0 Å². The maximum Gasteiger partial charge on any atom is 0.193 e. The first-order chi connectivity index (χ1) is 9.66. The summed E-state index contributed by atoms with van der Waals surface area (Å²) in [5.74, 6) is 0.753. The lowest BCUT2D eigenvalue weighted by atomic mass is 9.80. The quantitative estimate of drug-likeness (QED) is 0.671. The Balaban J connectivity index is 1.88. The van der Waals surface area contributed by atoms with Crippen molar-refractivity contribution in [2.24, 2.45) is 0 Å². The van der Waals surface area contributed by atoms with Crippen molar-refractivity contribution in [2.75, 3.05) is 5.73 Å². The van der Waals surface area contributed by atoms with Gasteiger partial charge in [-0.25, -0.2) is 0 Å². The number of anilines is 1. The minimum Gasteiger partial charge on any atom is -0.398 e. The molecule has 0 amide bonds. The van der Waals surface area contributed by atoms with Crippen molar-refractivity contribution in [3.63, 3.8) is 0 Å². The minimum absolute atomic E-state index is 0.0509. The van der Waals surface area contributed by atoms with Crippen LogP contribution in [0.15, 0.2) is 42.5 Å². The van der Waals surface area contributed by atoms with E-state index >= 15 is 0 Å². The number of rotatable bonds is 3. The third-order valence-corrected chi connectivity index (χ3v) is 4.37. The molecule has 1 aliphatic carbocycles. The molecule has 0 aliphatic heterocycles. The first-order valence-corrected chi connectivity index (χ1v) is 7.16. The average molecular weight is 265 g/mol. The van der Waals surface area contributed by atoms with Crippen molar-refractivity contribution in [1.29, 1.82) is 0 Å². The van der Waals surface area contributed by atoms with Gasteiger partial charge >= 0.3 is 0 Å². The summed E-state index contributed by atoms with van der Waals surface area (Å²) < 4.78 is 0. The summed E-state index contributed by atoms with van der Waals surface area (Å²) in [5, 5.41) is 0. The predicted molar refractivity (Wildman–Crippen MR) is 82.1 cm³/mol. The second-order valence-electron chi connectivity index (χ2n) is 5.60. The normalized spacial score (nSPS) is 14.8. The molecule has 0 heterocycles. The maximum atomic E-state index is 12.5. The van der Waals surface area contributed by atoms with Crippen LogP contribution in [-0.4, -0.2) is 5.78 Å². The Kier molecular flexibility index (Phi) is 3.31. The molecular formula is C18H19NO. The molecule has 0 radical (unpaired) electrons. The van der Waals surface area contributed by atoms with Gasteiger partial charge in [0.1, 0.15) is 0 Å². The van der Waals surface area contributed by atoms with Gasteiger partial charge in [0, 0.05) is 16.8 Å². The summed E-state index contributed by atoms with van der Waals surface area (Å²) in [6, 6.07) is 13.6. The zero-order chi connectivity index (χ0) is 14.1. The smallest absolute Gasteiger partial charge is 0.193 e. The van der Waals surface area contributed by atoms with Crippen molar-refractivity contribution in [3.8, 4) is 0 Å². The van der Waals surface area contributed by atoms with Crippen LogP contribution in [0.1, 0.15) is 52.2 Å². The van der Waals surface area contributed by atoms with E-state index in [0.29, 0.717) is 17.2 Å². The van der Waals surface area contributed by atoms with E-state index in [2.05, 4.69) is 12.1 Å². The molecule has 1 saturated carbocycles. The van der Waals surface area contributed by atoms with Gasteiger partial charge in [0.15, 0.2) is 5.78 Å². The van der Waals surface area contributed by atoms with Crippen LogP contribution in [0.2, 0.25) is 0 Å². The zero-order valence-corrected chi connectivity index (χ0v) is 11.7. The number of carbonyl (C=O) groups excluding carboxylic acids is 1. The van der Waals surface area contributed by atoms with Gasteiger partial charge in [-0.1, -0.05) is 42.8 Å². The van der Waals surface area contributed by atoms with Gasteiger partial charge in [0.05, 0.1) is 0 Å². The predicted octanol–water partition coefficient (Wildman–Crippen LogP) is 4.08. The van der Waals surface area contributed by atoms with Crippen LogP contribution < -0.4 is 5.73 Å². The van der Waals surface area contributed by atoms with Crippen molar-refractivity contribution in [3.05, 3.63) is 64.7 Å². The first kappa shape index (κ1) is 12.9. The number of hydrogen-bond acceptors (Lipinski definition) is 2. The van der Waals surface area contributed by atoms with Crippen LogP contribution in [0, 0.1) is 6.92 Å². The fraction of sp³-hybridized carbons (Fsp3) is 0.278. The van der Waals surface area contributed by atoms with Gasteiger partial charge in [0.2, 0.25) is 0 Å². The Hall–Kier alpha value is -2.09. The topological polar surface area (TPSA) is 43.1 Å². The molecule has 2 nitrogen and oxygen atoms in total. The average Bonchev–Trinajstić information content (AvgIpc) is 2.40. The van der Waals surface area contributed by atoms with E-state index < -0.39 is 0 Å². The van der Waals surface area contributed by atoms with Gasteiger partial charge in [-0.05, 0) is 42.9 Å². The van der Waals surface area contributed by atoms with E-state index in [-0.39, 0.29) is 5.78 Å². The lowest BCUT2D eigenvalue weighted by Gasteiger charge is -2.25. The van der Waals surface area contributed by atoms with Gasteiger partial charge < -0.3 is 5.73 Å². The Morgan fingerprint density at radius 2 is 1.80 bits per heavy atom. The molecule has 0 saturated heterocycles. The molecule has 2 N–H and O–H groups in total. The van der Waals surface area contributed by atoms with Crippen molar-refractivity contribution >= 4 is 11.5 Å². The molecule has 0 atom stereocenters. The molecule has 0 bridgehead atoms. The van der Waals surface area contributed by atoms with E-state index in [4.69, 9.17) is 5.73 Å². The number of nitrogens with two attached hydrogens (primary N) is 1. The third-order valence-electron chi connectivity index (χ3n) is 4.37. The van der Waals surface area contributed by atoms with Crippen LogP contribution in [0.5, 0.6) is 0 Å². The summed E-state index contributed by atoms with van der Waals surface area (Å²) in [6.45, 7) is 1.89. The number of nitrogen functional groups attached to an aromatic ring is 1. The SMILES string of the molecule is Cc1c(N)cccc1C(=O)c1ccc(C2CCC2)cc1. The van der Waals surface area contributed by atoms with E-state index in [1.165, 1.54) is 24.8 Å². The molecule has 0 spiro atoms. The highest BCUT2D eigenvalue weighted by Crippen LogP contribution is 2.36. The number of benzene rings is 2. The fourth-order valence-corrected chi connectivity index (χ4v) is 2.70. The zero-order valence-electron chi connectivity index (χ0n) is 11.7. The number of ketones is 1. The molecule has 2 aromatic carbocycles. The Morgan fingerprint density at radius 3 is 2.40 bits per heavy atom. The Labute approximate surface area is 119 Å². The highest BCUT2D eigenvalue weighted by atomic mass is 16.1. The van der Waals surface area contributed by atoms with Gasteiger partial charge in [-0.3, -0.25) is 4.79 Å². The second kappa shape index (κ2) is 5.12. The summed E-state index contributed by atoms with van der Waals surface area (Å²) in [4.78, 5) is 12.5. The Morgan fingerprint density at radius 1 is 1.10 bits per heavy atom. The minimum atomic E-state index is 0.0509. The van der Waals surface area contributed by atoms with E-state index in [9.17, 15) is 4.79 Å². The first-order valence-electron chi connectivity index (χ1n) is 7.16. The van der Waals surface area contributed by atoms with E-state index in [1.807, 2.05) is 37.3 Å². The van der Waals surface area contributed by atoms with Crippen LogP contribution in [-0.2, 0) is 0 Å². The summed E-state index contributed by atoms with van der Waals surface area (Å²) in [5.41, 5.74) is 10.2. The third kappa shape index (κ3) is 2.22. The van der Waals surface area contributed by atoms with Crippen LogP contribution in [0.25, 0.3) is 0 Å². The summed E-state index contributed by atoms with van der Waals surface area (Å²) >= 11 is 0. The molecule has 102 valence electrons. The lowest BCUT2D eigenvalue weighted by molar-refractivity contribution is 0.103. The lowest BCUT2D eigenvalue weighted by Crippen LogP contribution is -2.09.